The van der Waals surface area contributed by atoms with Crippen molar-refractivity contribution in [2.75, 3.05) is 38.5 Å². The van der Waals surface area contributed by atoms with Crippen molar-refractivity contribution in [1.82, 2.24) is 18.8 Å². The number of aryl methyl sites for hydroxylation is 1. The van der Waals surface area contributed by atoms with E-state index in [0.29, 0.717) is 57.1 Å². The van der Waals surface area contributed by atoms with E-state index in [2.05, 4.69) is 9.88 Å². The molecule has 1 saturated heterocycles. The van der Waals surface area contributed by atoms with Crippen LogP contribution in [-0.2, 0) is 23.0 Å². The predicted molar refractivity (Wildman–Crippen MR) is 119 cm³/mol. The molecular formula is C20H26ClN5O5S. The Morgan fingerprint density at radius 1 is 1.22 bits per heavy atom. The zero-order valence-corrected chi connectivity index (χ0v) is 19.4. The van der Waals surface area contributed by atoms with Gasteiger partial charge in [0.2, 0.25) is 10.0 Å². The second-order valence-electron chi connectivity index (χ2n) is 8.54. The second kappa shape index (κ2) is 8.97. The lowest BCUT2D eigenvalue weighted by Crippen LogP contribution is -2.54. The number of nitro groups is 1. The first kappa shape index (κ1) is 23.0. The first-order chi connectivity index (χ1) is 15.1. The lowest BCUT2D eigenvalue weighted by Gasteiger charge is -2.37. The van der Waals surface area contributed by atoms with E-state index in [-0.39, 0.29) is 17.6 Å². The van der Waals surface area contributed by atoms with Crippen molar-refractivity contribution in [3.05, 3.63) is 51.2 Å². The summed E-state index contributed by atoms with van der Waals surface area (Å²) in [5.74, 6) is -0.104. The van der Waals surface area contributed by atoms with Gasteiger partial charge < -0.3 is 14.9 Å². The van der Waals surface area contributed by atoms with E-state index in [1.807, 2.05) is 31.2 Å². The van der Waals surface area contributed by atoms with E-state index in [1.54, 1.807) is 8.87 Å². The van der Waals surface area contributed by atoms with E-state index in [4.69, 9.17) is 16.3 Å². The molecule has 0 unspecified atom stereocenters. The van der Waals surface area contributed by atoms with Gasteiger partial charge in [0, 0.05) is 42.7 Å². The van der Waals surface area contributed by atoms with Crippen molar-refractivity contribution >= 4 is 27.4 Å². The number of imidazole rings is 1. The number of benzene rings is 1. The summed E-state index contributed by atoms with van der Waals surface area (Å²) >= 11 is 5.89. The molecule has 4 rings (SSSR count). The van der Waals surface area contributed by atoms with Gasteiger partial charge in [-0.05, 0) is 42.4 Å². The minimum absolute atomic E-state index is 0.121. The highest BCUT2D eigenvalue weighted by atomic mass is 35.5. The molecular weight excluding hydrogens is 458 g/mol. The van der Waals surface area contributed by atoms with Crippen molar-refractivity contribution in [3.8, 4) is 6.01 Å². The van der Waals surface area contributed by atoms with Crippen LogP contribution in [0.15, 0.2) is 30.5 Å². The van der Waals surface area contributed by atoms with Crippen molar-refractivity contribution in [2.24, 2.45) is 0 Å². The van der Waals surface area contributed by atoms with Crippen LogP contribution in [0.2, 0.25) is 5.02 Å². The molecule has 0 bridgehead atoms. The number of hydrogen-bond donors (Lipinski definition) is 0. The van der Waals surface area contributed by atoms with Crippen LogP contribution >= 0.6 is 11.6 Å². The average Bonchev–Trinajstić information content (AvgIpc) is 3.25. The molecule has 2 aliphatic heterocycles. The Hall–Kier alpha value is -2.21. The van der Waals surface area contributed by atoms with Crippen LogP contribution in [0.1, 0.15) is 18.9 Å². The SMILES string of the molecule is C[C@]1(CN2CCN(S(=O)(=O)CCCc3ccc(Cl)cc3)CC2)Cn2cc([N+](=O)[O-])nc2O1. The Morgan fingerprint density at radius 3 is 2.53 bits per heavy atom. The lowest BCUT2D eigenvalue weighted by atomic mass is 10.1. The number of halogens is 1. The van der Waals surface area contributed by atoms with Gasteiger partial charge in [-0.2, -0.15) is 4.31 Å². The van der Waals surface area contributed by atoms with Crippen molar-refractivity contribution in [1.29, 1.82) is 0 Å². The van der Waals surface area contributed by atoms with E-state index < -0.39 is 20.5 Å². The fourth-order valence-corrected chi connectivity index (χ4v) is 5.85. The minimum atomic E-state index is -3.30. The Kier molecular flexibility index (Phi) is 6.44. The third kappa shape index (κ3) is 5.22. The summed E-state index contributed by atoms with van der Waals surface area (Å²) in [5, 5.41) is 11.5. The third-order valence-electron chi connectivity index (χ3n) is 5.82. The van der Waals surface area contributed by atoms with Gasteiger partial charge in [0.1, 0.15) is 11.8 Å². The molecule has 1 aromatic heterocycles. The Morgan fingerprint density at radius 2 is 1.91 bits per heavy atom. The molecule has 0 saturated carbocycles. The van der Waals surface area contributed by atoms with Crippen molar-refractivity contribution in [3.63, 3.8) is 0 Å². The number of hydrogen-bond acceptors (Lipinski definition) is 7. The van der Waals surface area contributed by atoms with Crippen LogP contribution in [0.25, 0.3) is 0 Å². The highest BCUT2D eigenvalue weighted by Gasteiger charge is 2.42. The summed E-state index contributed by atoms with van der Waals surface area (Å²) in [6.45, 7) is 5.09. The zero-order valence-electron chi connectivity index (χ0n) is 17.8. The normalized spacial score (nSPS) is 21.9. The summed E-state index contributed by atoms with van der Waals surface area (Å²) in [5.41, 5.74) is 0.515. The molecule has 174 valence electrons. The minimum Gasteiger partial charge on any atom is -0.436 e. The molecule has 12 heteroatoms. The van der Waals surface area contributed by atoms with Crippen molar-refractivity contribution < 1.29 is 18.1 Å². The largest absolute Gasteiger partial charge is 0.436 e. The maximum Gasteiger partial charge on any atom is 0.415 e. The fraction of sp³-hybridized carbons (Fsp3) is 0.550. The topological polar surface area (TPSA) is 111 Å². The van der Waals surface area contributed by atoms with Gasteiger partial charge in [-0.15, -0.1) is 0 Å². The number of nitrogens with zero attached hydrogens (tertiary/aromatic N) is 5. The number of ether oxygens (including phenoxy) is 1. The molecule has 1 fully saturated rings. The van der Waals surface area contributed by atoms with Gasteiger partial charge in [-0.1, -0.05) is 23.7 Å². The van der Waals surface area contributed by atoms with Crippen LogP contribution in [0.3, 0.4) is 0 Å². The summed E-state index contributed by atoms with van der Waals surface area (Å²) in [6.07, 6.45) is 2.64. The first-order valence-corrected chi connectivity index (χ1v) is 12.5. The summed E-state index contributed by atoms with van der Waals surface area (Å²) in [4.78, 5) is 16.4. The summed E-state index contributed by atoms with van der Waals surface area (Å²) in [6, 6.07) is 7.72. The molecule has 32 heavy (non-hydrogen) atoms. The number of sulfonamides is 1. The highest BCUT2D eigenvalue weighted by molar-refractivity contribution is 7.89. The van der Waals surface area contributed by atoms with Gasteiger partial charge in [0.05, 0.1) is 12.3 Å². The predicted octanol–water partition coefficient (Wildman–Crippen LogP) is 2.18. The molecule has 2 aliphatic rings. The number of aromatic nitrogens is 2. The van der Waals surface area contributed by atoms with Crippen LogP contribution in [-0.4, -0.2) is 76.2 Å². The van der Waals surface area contributed by atoms with Gasteiger partial charge in [-0.3, -0.25) is 9.47 Å². The Bertz CT molecular complexity index is 1060. The molecule has 1 aromatic carbocycles. The highest BCUT2D eigenvalue weighted by Crippen LogP contribution is 2.31. The average molecular weight is 484 g/mol. The maximum absolute atomic E-state index is 12.7. The third-order valence-corrected chi connectivity index (χ3v) is 8.03. The zero-order chi connectivity index (χ0) is 22.9. The standard InChI is InChI=1S/C20H26ClN5O5S/c1-20(15-24-13-18(26(27)28)22-19(24)31-20)14-23-8-10-25(11-9-23)32(29,30)12-2-3-16-4-6-17(21)7-5-16/h4-7,13H,2-3,8-12,14-15H2,1H3/t20-/m0/s1. The number of fused-ring (bicyclic) bond motifs is 1. The molecule has 0 spiro atoms. The van der Waals surface area contributed by atoms with Gasteiger partial charge in [-0.25, -0.2) is 8.42 Å². The Labute approximate surface area is 191 Å². The number of rotatable bonds is 8. The molecule has 0 radical (unpaired) electrons. The molecule has 0 amide bonds. The van der Waals surface area contributed by atoms with Crippen LogP contribution in [0.4, 0.5) is 5.82 Å². The smallest absolute Gasteiger partial charge is 0.415 e. The number of piperazine rings is 1. The van der Waals surface area contributed by atoms with Gasteiger partial charge >= 0.3 is 11.8 Å². The molecule has 10 nitrogen and oxygen atoms in total. The Balaban J connectivity index is 1.24. The monoisotopic (exact) mass is 483 g/mol. The van der Waals surface area contributed by atoms with E-state index in [0.717, 1.165) is 5.56 Å². The van der Waals surface area contributed by atoms with Crippen LogP contribution < -0.4 is 4.74 Å². The molecule has 3 heterocycles. The van der Waals surface area contributed by atoms with Crippen molar-refractivity contribution in [2.45, 2.75) is 31.9 Å². The first-order valence-electron chi connectivity index (χ1n) is 10.5. The molecule has 2 aromatic rings. The summed E-state index contributed by atoms with van der Waals surface area (Å²) in [7, 11) is -3.30. The van der Waals surface area contributed by atoms with Gasteiger partial charge in [0.25, 0.3) is 0 Å². The lowest BCUT2D eigenvalue weighted by molar-refractivity contribution is -0.389. The second-order valence-corrected chi connectivity index (χ2v) is 11.1. The van der Waals surface area contributed by atoms with E-state index in [9.17, 15) is 18.5 Å². The maximum atomic E-state index is 12.7. The van der Waals surface area contributed by atoms with Crippen LogP contribution in [0.5, 0.6) is 6.01 Å². The van der Waals surface area contributed by atoms with Crippen LogP contribution in [0, 0.1) is 10.1 Å². The van der Waals surface area contributed by atoms with E-state index in [1.165, 1.54) is 6.20 Å². The molecule has 1 atom stereocenters. The van der Waals surface area contributed by atoms with Gasteiger partial charge in [0.15, 0.2) is 0 Å². The molecule has 0 aliphatic carbocycles. The summed E-state index contributed by atoms with van der Waals surface area (Å²) < 4.78 is 34.6. The fourth-order valence-electron chi connectivity index (χ4n) is 4.24. The van der Waals surface area contributed by atoms with E-state index >= 15 is 0 Å². The molecule has 0 N–H and O–H groups in total. The quantitative estimate of drug-likeness (QED) is 0.418.